The highest BCUT2D eigenvalue weighted by Crippen LogP contribution is 2.31. The van der Waals surface area contributed by atoms with E-state index in [2.05, 4.69) is 10.2 Å². The van der Waals surface area contributed by atoms with Crippen LogP contribution in [0.3, 0.4) is 0 Å². The quantitative estimate of drug-likeness (QED) is 0.829. The molecule has 0 unspecified atom stereocenters. The van der Waals surface area contributed by atoms with Gasteiger partial charge in [0.15, 0.2) is 0 Å². The van der Waals surface area contributed by atoms with Crippen LogP contribution in [0.15, 0.2) is 35.4 Å². The van der Waals surface area contributed by atoms with Crippen LogP contribution in [0.4, 0.5) is 13.2 Å². The number of nitrogens with one attached hydrogen (secondary N) is 1. The molecular weight excluding hydrogens is 249 g/mol. The molecule has 0 amide bonds. The van der Waals surface area contributed by atoms with Crippen LogP contribution in [-0.2, 0) is 6.18 Å². The zero-order chi connectivity index (χ0) is 12.5. The Kier molecular flexibility index (Phi) is 3.15. The largest absolute Gasteiger partial charge is 0.416 e. The van der Waals surface area contributed by atoms with Crippen LogP contribution < -0.4 is 0 Å². The van der Waals surface area contributed by atoms with E-state index in [1.165, 1.54) is 23.9 Å². The fourth-order valence-electron chi connectivity index (χ4n) is 1.39. The number of aromatic nitrogens is 2. The lowest BCUT2D eigenvalue weighted by Gasteiger charge is -2.06. The molecule has 0 aliphatic heterocycles. The number of alkyl halides is 3. The van der Waals surface area contributed by atoms with Crippen molar-refractivity contribution in [1.29, 1.82) is 0 Å². The second-order valence-corrected chi connectivity index (χ2v) is 4.24. The summed E-state index contributed by atoms with van der Waals surface area (Å²) in [7, 11) is 0. The first-order valence-electron chi connectivity index (χ1n) is 4.78. The van der Waals surface area contributed by atoms with Gasteiger partial charge in [-0.3, -0.25) is 5.10 Å². The van der Waals surface area contributed by atoms with Gasteiger partial charge in [0.1, 0.15) is 0 Å². The number of hydrogen-bond acceptors (Lipinski definition) is 2. The van der Waals surface area contributed by atoms with E-state index in [9.17, 15) is 13.2 Å². The molecule has 1 N–H and O–H groups in total. The molecule has 2 rings (SSSR count). The van der Waals surface area contributed by atoms with Gasteiger partial charge in [0, 0.05) is 5.56 Å². The van der Waals surface area contributed by atoms with Crippen molar-refractivity contribution in [3.05, 3.63) is 35.9 Å². The molecule has 0 bridgehead atoms. The average molecular weight is 258 g/mol. The molecule has 0 atom stereocenters. The van der Waals surface area contributed by atoms with Gasteiger partial charge in [0.25, 0.3) is 0 Å². The normalized spacial score (nSPS) is 11.8. The molecule has 0 aliphatic carbocycles. The van der Waals surface area contributed by atoms with Gasteiger partial charge in [0.05, 0.1) is 16.3 Å². The van der Waals surface area contributed by atoms with Crippen LogP contribution in [0.5, 0.6) is 0 Å². The van der Waals surface area contributed by atoms with E-state index < -0.39 is 11.7 Å². The van der Waals surface area contributed by atoms with E-state index in [0.717, 1.165) is 17.2 Å². The van der Waals surface area contributed by atoms with Gasteiger partial charge in [-0.15, -0.1) is 11.8 Å². The lowest BCUT2D eigenvalue weighted by atomic mass is 10.1. The summed E-state index contributed by atoms with van der Waals surface area (Å²) in [6.07, 6.45) is -2.40. The number of halogens is 3. The van der Waals surface area contributed by atoms with E-state index in [1.807, 2.05) is 6.26 Å². The second-order valence-electron chi connectivity index (χ2n) is 3.40. The van der Waals surface area contributed by atoms with Crippen molar-refractivity contribution in [2.45, 2.75) is 11.2 Å². The van der Waals surface area contributed by atoms with E-state index in [-0.39, 0.29) is 0 Å². The molecule has 1 aromatic heterocycles. The highest BCUT2D eigenvalue weighted by Gasteiger charge is 2.30. The molecular formula is C11H9F3N2S. The van der Waals surface area contributed by atoms with Crippen LogP contribution in [0, 0.1) is 0 Å². The summed E-state index contributed by atoms with van der Waals surface area (Å²) in [5.41, 5.74) is 0.652. The molecule has 1 aromatic carbocycles. The predicted molar refractivity (Wildman–Crippen MR) is 60.8 cm³/mol. The first kappa shape index (κ1) is 12.0. The summed E-state index contributed by atoms with van der Waals surface area (Å²) in [4.78, 5) is 0. The first-order chi connectivity index (χ1) is 8.00. The van der Waals surface area contributed by atoms with Crippen molar-refractivity contribution in [3.8, 4) is 11.3 Å². The number of hydrogen-bond donors (Lipinski definition) is 1. The number of H-pyrrole nitrogens is 1. The van der Waals surface area contributed by atoms with E-state index in [1.54, 1.807) is 6.07 Å². The zero-order valence-electron chi connectivity index (χ0n) is 8.88. The minimum atomic E-state index is -4.30. The molecule has 90 valence electrons. The summed E-state index contributed by atoms with van der Waals surface area (Å²) in [6.45, 7) is 0. The van der Waals surface area contributed by atoms with E-state index in [0.29, 0.717) is 11.3 Å². The third-order valence-electron chi connectivity index (χ3n) is 2.28. The number of rotatable bonds is 2. The van der Waals surface area contributed by atoms with Crippen molar-refractivity contribution in [2.24, 2.45) is 0 Å². The predicted octanol–water partition coefficient (Wildman–Crippen LogP) is 3.82. The SMILES string of the molecule is CSc1cc(-c2ccc(C(F)(F)F)cc2)n[nH]1. The smallest absolute Gasteiger partial charge is 0.271 e. The third kappa shape index (κ3) is 2.63. The molecule has 0 fully saturated rings. The van der Waals surface area contributed by atoms with E-state index in [4.69, 9.17) is 0 Å². The Bertz CT molecular complexity index is 502. The van der Waals surface area contributed by atoms with Crippen LogP contribution in [0.1, 0.15) is 5.56 Å². The Hall–Kier alpha value is -1.43. The summed E-state index contributed by atoms with van der Waals surface area (Å²) in [5.74, 6) is 0. The second kappa shape index (κ2) is 4.44. The van der Waals surface area contributed by atoms with Crippen LogP contribution in [-0.4, -0.2) is 16.5 Å². The highest BCUT2D eigenvalue weighted by atomic mass is 32.2. The molecule has 0 saturated carbocycles. The van der Waals surface area contributed by atoms with Crippen molar-refractivity contribution >= 4 is 11.8 Å². The average Bonchev–Trinajstić information content (AvgIpc) is 2.76. The van der Waals surface area contributed by atoms with Crippen LogP contribution in [0.2, 0.25) is 0 Å². The monoisotopic (exact) mass is 258 g/mol. The highest BCUT2D eigenvalue weighted by molar-refractivity contribution is 7.98. The van der Waals surface area contributed by atoms with Crippen LogP contribution >= 0.6 is 11.8 Å². The minimum absolute atomic E-state index is 0.642. The number of thioether (sulfide) groups is 1. The molecule has 6 heteroatoms. The van der Waals surface area contributed by atoms with Crippen molar-refractivity contribution in [3.63, 3.8) is 0 Å². The summed E-state index contributed by atoms with van der Waals surface area (Å²) >= 11 is 1.49. The lowest BCUT2D eigenvalue weighted by molar-refractivity contribution is -0.137. The Morgan fingerprint density at radius 2 is 1.82 bits per heavy atom. The van der Waals surface area contributed by atoms with Gasteiger partial charge >= 0.3 is 6.18 Å². The molecule has 0 saturated heterocycles. The van der Waals surface area contributed by atoms with E-state index >= 15 is 0 Å². The Morgan fingerprint density at radius 3 is 2.29 bits per heavy atom. The van der Waals surface area contributed by atoms with Crippen molar-refractivity contribution in [1.82, 2.24) is 10.2 Å². The topological polar surface area (TPSA) is 28.7 Å². The molecule has 17 heavy (non-hydrogen) atoms. The zero-order valence-corrected chi connectivity index (χ0v) is 9.69. The standard InChI is InChI=1S/C11H9F3N2S/c1-17-10-6-9(15-16-10)7-2-4-8(5-3-7)11(12,13)14/h2-6H,1H3,(H,15,16). The Labute approximate surface area is 100 Å². The van der Waals surface area contributed by atoms with Gasteiger partial charge in [-0.05, 0) is 24.5 Å². The molecule has 0 spiro atoms. The maximum absolute atomic E-state index is 12.4. The minimum Gasteiger partial charge on any atom is -0.271 e. The molecule has 2 aromatic rings. The summed E-state index contributed by atoms with van der Waals surface area (Å²) in [5, 5.41) is 7.69. The van der Waals surface area contributed by atoms with Gasteiger partial charge in [-0.25, -0.2) is 0 Å². The van der Waals surface area contributed by atoms with Gasteiger partial charge < -0.3 is 0 Å². The molecule has 1 heterocycles. The number of nitrogens with zero attached hydrogens (tertiary/aromatic N) is 1. The number of benzene rings is 1. The maximum Gasteiger partial charge on any atom is 0.416 e. The molecule has 0 radical (unpaired) electrons. The van der Waals surface area contributed by atoms with Crippen molar-refractivity contribution < 1.29 is 13.2 Å². The molecule has 0 aliphatic rings. The fraction of sp³-hybridized carbons (Fsp3) is 0.182. The molecule has 2 nitrogen and oxygen atoms in total. The van der Waals surface area contributed by atoms with Crippen molar-refractivity contribution in [2.75, 3.05) is 6.26 Å². The lowest BCUT2D eigenvalue weighted by Crippen LogP contribution is -2.03. The van der Waals surface area contributed by atoms with Crippen LogP contribution in [0.25, 0.3) is 11.3 Å². The Morgan fingerprint density at radius 1 is 1.18 bits per heavy atom. The first-order valence-corrected chi connectivity index (χ1v) is 6.00. The fourth-order valence-corrected chi connectivity index (χ4v) is 1.75. The number of aromatic amines is 1. The van der Waals surface area contributed by atoms with Gasteiger partial charge in [0.2, 0.25) is 0 Å². The van der Waals surface area contributed by atoms with Gasteiger partial charge in [-0.2, -0.15) is 18.3 Å². The van der Waals surface area contributed by atoms with Gasteiger partial charge in [-0.1, -0.05) is 12.1 Å². The third-order valence-corrected chi connectivity index (χ3v) is 2.93. The summed E-state index contributed by atoms with van der Waals surface area (Å²) < 4.78 is 37.1. The summed E-state index contributed by atoms with van der Waals surface area (Å²) in [6, 6.07) is 6.75. The maximum atomic E-state index is 12.4. The Balaban J connectivity index is 2.29.